The predicted octanol–water partition coefficient (Wildman–Crippen LogP) is 0.598. The normalized spacial score (nSPS) is 21.7. The van der Waals surface area contributed by atoms with E-state index in [4.69, 9.17) is 0 Å². The summed E-state index contributed by atoms with van der Waals surface area (Å²) in [4.78, 5) is 42.5. The van der Waals surface area contributed by atoms with Gasteiger partial charge in [0.25, 0.3) is 5.91 Å². The Morgan fingerprint density at radius 1 is 1.24 bits per heavy atom. The van der Waals surface area contributed by atoms with Crippen LogP contribution in [-0.2, 0) is 22.7 Å². The molecule has 2 saturated heterocycles. The number of benzene rings is 1. The van der Waals surface area contributed by atoms with Crippen molar-refractivity contribution in [2.24, 2.45) is 0 Å². The summed E-state index contributed by atoms with van der Waals surface area (Å²) in [5.74, 6) is 0.445. The summed E-state index contributed by atoms with van der Waals surface area (Å²) in [6.07, 6.45) is 0.626. The molecule has 1 aromatic heterocycles. The largest absolute Gasteiger partial charge is 0.356 e. The standard InChI is InChI=1S/C19H20N6O3S/c26-15-4-3-14(17(27)22-15)25-9-11-2-1-10(5-13(11)18(25)28)6-21-19-23-16(24-29-19)12-7-20-8-12/h1-2,5,12,14,20H,3-4,6-9H2,(H,21,23,24)(H,22,26,27). The highest BCUT2D eigenvalue weighted by Gasteiger charge is 2.39. The van der Waals surface area contributed by atoms with Crippen LogP contribution >= 0.6 is 11.5 Å². The lowest BCUT2D eigenvalue weighted by Gasteiger charge is -2.29. The molecule has 0 saturated carbocycles. The average Bonchev–Trinajstić information content (AvgIpc) is 3.24. The zero-order valence-corrected chi connectivity index (χ0v) is 16.4. The van der Waals surface area contributed by atoms with Crippen LogP contribution in [0.25, 0.3) is 0 Å². The van der Waals surface area contributed by atoms with Crippen molar-refractivity contribution in [2.45, 2.75) is 37.9 Å². The number of hydrogen-bond donors (Lipinski definition) is 3. The Kier molecular flexibility index (Phi) is 4.51. The van der Waals surface area contributed by atoms with Crippen molar-refractivity contribution >= 4 is 34.4 Å². The number of nitrogens with one attached hydrogen (secondary N) is 3. The number of carbonyl (C=O) groups is 3. The second-order valence-electron chi connectivity index (χ2n) is 7.56. The van der Waals surface area contributed by atoms with Gasteiger partial charge in [0, 0.05) is 55.6 Å². The molecule has 29 heavy (non-hydrogen) atoms. The highest BCUT2D eigenvalue weighted by atomic mass is 32.1. The third-order valence-corrected chi connectivity index (χ3v) is 6.31. The maximum Gasteiger partial charge on any atom is 0.255 e. The van der Waals surface area contributed by atoms with Gasteiger partial charge in [0.15, 0.2) is 0 Å². The quantitative estimate of drug-likeness (QED) is 0.616. The van der Waals surface area contributed by atoms with Gasteiger partial charge in [-0.3, -0.25) is 19.7 Å². The first-order valence-electron chi connectivity index (χ1n) is 9.63. The topological polar surface area (TPSA) is 116 Å². The number of fused-ring (bicyclic) bond motifs is 1. The van der Waals surface area contributed by atoms with E-state index < -0.39 is 11.9 Å². The van der Waals surface area contributed by atoms with Gasteiger partial charge in [0.1, 0.15) is 11.9 Å². The number of carbonyl (C=O) groups excluding carboxylic acids is 3. The lowest BCUT2D eigenvalue weighted by atomic mass is 10.0. The maximum atomic E-state index is 12.9. The average molecular weight is 412 g/mol. The summed E-state index contributed by atoms with van der Waals surface area (Å²) in [5.41, 5.74) is 2.48. The van der Waals surface area contributed by atoms with Crippen molar-refractivity contribution in [2.75, 3.05) is 18.4 Å². The summed E-state index contributed by atoms with van der Waals surface area (Å²) in [6, 6.07) is 5.19. The second-order valence-corrected chi connectivity index (χ2v) is 8.31. The number of rotatable bonds is 5. The van der Waals surface area contributed by atoms with Crippen LogP contribution in [0.2, 0.25) is 0 Å². The first-order chi connectivity index (χ1) is 14.1. The molecular formula is C19H20N6O3S. The number of piperidine rings is 1. The molecule has 0 aliphatic carbocycles. The molecule has 5 rings (SSSR count). The van der Waals surface area contributed by atoms with E-state index in [-0.39, 0.29) is 18.2 Å². The van der Waals surface area contributed by atoms with E-state index >= 15 is 0 Å². The minimum atomic E-state index is -0.588. The van der Waals surface area contributed by atoms with E-state index in [1.165, 1.54) is 11.5 Å². The molecule has 150 valence electrons. The summed E-state index contributed by atoms with van der Waals surface area (Å²) in [5, 5.41) is 9.58. The summed E-state index contributed by atoms with van der Waals surface area (Å²) in [6.45, 7) is 2.78. The fourth-order valence-electron chi connectivity index (χ4n) is 3.83. The van der Waals surface area contributed by atoms with Crippen LogP contribution in [0.3, 0.4) is 0 Å². The van der Waals surface area contributed by atoms with Crippen LogP contribution in [0.4, 0.5) is 5.13 Å². The van der Waals surface area contributed by atoms with Crippen LogP contribution in [0.1, 0.15) is 46.1 Å². The van der Waals surface area contributed by atoms with Crippen LogP contribution < -0.4 is 16.0 Å². The first-order valence-corrected chi connectivity index (χ1v) is 10.4. The van der Waals surface area contributed by atoms with E-state index in [0.29, 0.717) is 31.0 Å². The van der Waals surface area contributed by atoms with Crippen molar-refractivity contribution < 1.29 is 14.4 Å². The van der Waals surface area contributed by atoms with Crippen LogP contribution in [0.5, 0.6) is 0 Å². The number of aromatic nitrogens is 2. The number of nitrogens with zero attached hydrogens (tertiary/aromatic N) is 3. The molecule has 1 aromatic carbocycles. The second kappa shape index (κ2) is 7.20. The van der Waals surface area contributed by atoms with Crippen molar-refractivity contribution in [3.63, 3.8) is 0 Å². The predicted molar refractivity (Wildman–Crippen MR) is 105 cm³/mol. The van der Waals surface area contributed by atoms with Crippen LogP contribution in [-0.4, -0.2) is 51.1 Å². The van der Waals surface area contributed by atoms with Gasteiger partial charge in [0.05, 0.1) is 0 Å². The fourth-order valence-corrected chi connectivity index (χ4v) is 4.47. The van der Waals surface area contributed by atoms with E-state index in [0.717, 1.165) is 35.2 Å². The molecule has 0 bridgehead atoms. The molecule has 2 aromatic rings. The zero-order valence-electron chi connectivity index (χ0n) is 15.6. The molecular weight excluding hydrogens is 392 g/mol. The molecule has 1 unspecified atom stereocenters. The lowest BCUT2D eigenvalue weighted by Crippen LogP contribution is -2.52. The molecule has 3 aliphatic rings. The number of amides is 3. The van der Waals surface area contributed by atoms with Gasteiger partial charge in [-0.15, -0.1) is 0 Å². The maximum absolute atomic E-state index is 12.9. The van der Waals surface area contributed by atoms with E-state index in [1.54, 1.807) is 4.90 Å². The molecule has 3 amide bonds. The highest BCUT2D eigenvalue weighted by Crippen LogP contribution is 2.28. The number of hydrogen-bond acceptors (Lipinski definition) is 8. The van der Waals surface area contributed by atoms with Crippen LogP contribution in [0.15, 0.2) is 18.2 Å². The van der Waals surface area contributed by atoms with Gasteiger partial charge in [-0.05, 0) is 23.6 Å². The minimum Gasteiger partial charge on any atom is -0.356 e. The van der Waals surface area contributed by atoms with Gasteiger partial charge >= 0.3 is 0 Å². The van der Waals surface area contributed by atoms with Crippen molar-refractivity contribution in [1.82, 2.24) is 24.9 Å². The summed E-state index contributed by atoms with van der Waals surface area (Å²) >= 11 is 1.34. The Bertz CT molecular complexity index is 1000. The third-order valence-electron chi connectivity index (χ3n) is 5.62. The molecule has 3 aliphatic heterocycles. The van der Waals surface area contributed by atoms with Gasteiger partial charge < -0.3 is 15.5 Å². The lowest BCUT2D eigenvalue weighted by molar-refractivity contribution is -0.136. The van der Waals surface area contributed by atoms with Crippen molar-refractivity contribution in [3.8, 4) is 0 Å². The van der Waals surface area contributed by atoms with E-state index in [1.807, 2.05) is 18.2 Å². The van der Waals surface area contributed by atoms with Crippen LogP contribution in [0, 0.1) is 0 Å². The van der Waals surface area contributed by atoms with E-state index in [2.05, 4.69) is 25.3 Å². The molecule has 4 heterocycles. The molecule has 0 spiro atoms. The van der Waals surface area contributed by atoms with Gasteiger partial charge in [-0.25, -0.2) is 4.98 Å². The monoisotopic (exact) mass is 412 g/mol. The Morgan fingerprint density at radius 3 is 2.86 bits per heavy atom. The smallest absolute Gasteiger partial charge is 0.255 e. The van der Waals surface area contributed by atoms with Gasteiger partial charge in [-0.2, -0.15) is 4.37 Å². The van der Waals surface area contributed by atoms with E-state index in [9.17, 15) is 14.4 Å². The van der Waals surface area contributed by atoms with Gasteiger partial charge in [0.2, 0.25) is 16.9 Å². The summed E-state index contributed by atoms with van der Waals surface area (Å²) < 4.78 is 4.40. The molecule has 2 fully saturated rings. The van der Waals surface area contributed by atoms with Crippen molar-refractivity contribution in [1.29, 1.82) is 0 Å². The van der Waals surface area contributed by atoms with Crippen molar-refractivity contribution in [3.05, 3.63) is 40.7 Å². The SMILES string of the molecule is O=C1CCC(N2Cc3ccc(CNc4nc(C5CNC5)ns4)cc3C2=O)C(=O)N1. The fraction of sp³-hybridized carbons (Fsp3) is 0.421. The number of imide groups is 1. The number of anilines is 1. The highest BCUT2D eigenvalue weighted by molar-refractivity contribution is 7.09. The molecule has 1 atom stereocenters. The molecule has 0 radical (unpaired) electrons. The third kappa shape index (κ3) is 3.38. The Balaban J connectivity index is 1.26. The first kappa shape index (κ1) is 18.2. The Morgan fingerprint density at radius 2 is 2.10 bits per heavy atom. The Hall–Kier alpha value is -2.85. The van der Waals surface area contributed by atoms with Gasteiger partial charge in [-0.1, -0.05) is 12.1 Å². The molecule has 10 heteroatoms. The molecule has 3 N–H and O–H groups in total. The minimum absolute atomic E-state index is 0.160. The summed E-state index contributed by atoms with van der Waals surface area (Å²) in [7, 11) is 0. The zero-order chi connectivity index (χ0) is 20.0. The Labute approximate surface area is 171 Å². The molecule has 9 nitrogen and oxygen atoms in total.